The van der Waals surface area contributed by atoms with Crippen molar-refractivity contribution in [3.05, 3.63) is 280 Å². The minimum atomic E-state index is -0.535. The van der Waals surface area contributed by atoms with Gasteiger partial charge in [0.25, 0.3) is 0 Å². The lowest BCUT2D eigenvalue weighted by Crippen LogP contribution is -2.29. The van der Waals surface area contributed by atoms with Crippen LogP contribution in [0.2, 0.25) is 0 Å². The zero-order chi connectivity index (χ0) is 45.4. The van der Waals surface area contributed by atoms with Crippen LogP contribution in [-0.2, 0) is 21.7 Å². The molecular formula is C65H57N. The summed E-state index contributed by atoms with van der Waals surface area (Å²) >= 11 is 0. The largest absolute Gasteiger partial charge is 0.310 e. The molecule has 0 N–H and O–H groups in total. The van der Waals surface area contributed by atoms with Gasteiger partial charge in [-0.15, -0.1) is 0 Å². The second kappa shape index (κ2) is 15.5. The molecule has 1 heteroatoms. The Labute approximate surface area is 392 Å². The molecule has 0 radical (unpaired) electrons. The highest BCUT2D eigenvalue weighted by atomic mass is 15.1. The van der Waals surface area contributed by atoms with E-state index in [0.717, 1.165) is 17.1 Å². The monoisotopic (exact) mass is 851 g/mol. The van der Waals surface area contributed by atoms with Gasteiger partial charge in [0.05, 0.1) is 10.8 Å². The molecule has 0 heterocycles. The van der Waals surface area contributed by atoms with Crippen LogP contribution >= 0.6 is 0 Å². The van der Waals surface area contributed by atoms with E-state index in [9.17, 15) is 0 Å². The SMILES string of the molecule is Cc1cccc(N(c2ccc3c(c2)-c2ccccc2C3(c2ccccc2)c2ccc(C(C)(C)C)cc2)c2ccc3c(c2)C(c2ccccc2)(c2ccc(C(C)(C)C)cc2)c2ccccc2-3)c1. The maximum atomic E-state index is 2.49. The highest BCUT2D eigenvalue weighted by Gasteiger charge is 2.48. The van der Waals surface area contributed by atoms with Crippen LogP contribution in [0.15, 0.2) is 218 Å². The quantitative estimate of drug-likeness (QED) is 0.154. The Bertz CT molecular complexity index is 3250. The molecule has 2 aliphatic rings. The van der Waals surface area contributed by atoms with E-state index in [1.165, 1.54) is 83.5 Å². The summed E-state index contributed by atoms with van der Waals surface area (Å²) in [6.45, 7) is 16.0. The number of hydrogen-bond donors (Lipinski definition) is 0. The molecule has 9 aromatic rings. The van der Waals surface area contributed by atoms with Crippen molar-refractivity contribution >= 4 is 17.1 Å². The van der Waals surface area contributed by atoms with E-state index >= 15 is 0 Å². The van der Waals surface area contributed by atoms with E-state index in [1.807, 2.05) is 0 Å². The molecule has 9 aromatic carbocycles. The van der Waals surface area contributed by atoms with Gasteiger partial charge in [-0.25, -0.2) is 0 Å². The first-order chi connectivity index (χ1) is 31.9. The molecule has 1 nitrogen and oxygen atoms in total. The van der Waals surface area contributed by atoms with Gasteiger partial charge in [0.15, 0.2) is 0 Å². The van der Waals surface area contributed by atoms with Gasteiger partial charge in [0, 0.05) is 17.1 Å². The molecule has 2 unspecified atom stereocenters. The van der Waals surface area contributed by atoms with Crippen molar-refractivity contribution < 1.29 is 0 Å². The Morgan fingerprint density at radius 3 is 1.24 bits per heavy atom. The number of rotatable bonds is 7. The van der Waals surface area contributed by atoms with Crippen molar-refractivity contribution in [2.24, 2.45) is 0 Å². The van der Waals surface area contributed by atoms with Gasteiger partial charge in [-0.05, 0) is 138 Å². The third kappa shape index (κ3) is 6.35. The zero-order valence-electron chi connectivity index (χ0n) is 39.2. The van der Waals surface area contributed by atoms with E-state index < -0.39 is 10.8 Å². The summed E-state index contributed by atoms with van der Waals surface area (Å²) in [6.07, 6.45) is 0. The molecule has 0 fully saturated rings. The Morgan fingerprint density at radius 1 is 0.303 bits per heavy atom. The summed E-state index contributed by atoms with van der Waals surface area (Å²) in [6, 6.07) is 82.8. The van der Waals surface area contributed by atoms with Crippen LogP contribution < -0.4 is 4.90 Å². The van der Waals surface area contributed by atoms with Crippen LogP contribution in [0.25, 0.3) is 22.3 Å². The highest BCUT2D eigenvalue weighted by Crippen LogP contribution is 2.59. The fourth-order valence-corrected chi connectivity index (χ4v) is 11.4. The van der Waals surface area contributed by atoms with E-state index in [0.29, 0.717) is 0 Å². The molecule has 66 heavy (non-hydrogen) atoms. The third-order valence-electron chi connectivity index (χ3n) is 14.6. The maximum Gasteiger partial charge on any atom is 0.0714 e. The number of fused-ring (bicyclic) bond motifs is 6. The van der Waals surface area contributed by atoms with Crippen molar-refractivity contribution in [3.8, 4) is 22.3 Å². The van der Waals surface area contributed by atoms with Crippen molar-refractivity contribution in [2.75, 3.05) is 4.90 Å². The predicted octanol–water partition coefficient (Wildman–Crippen LogP) is 16.8. The molecular weight excluding hydrogens is 795 g/mol. The second-order valence-corrected chi connectivity index (χ2v) is 20.6. The third-order valence-corrected chi connectivity index (χ3v) is 14.6. The van der Waals surface area contributed by atoms with Gasteiger partial charge >= 0.3 is 0 Å². The lowest BCUT2D eigenvalue weighted by Gasteiger charge is -2.36. The van der Waals surface area contributed by atoms with E-state index in [-0.39, 0.29) is 10.8 Å². The molecule has 0 saturated carbocycles. The van der Waals surface area contributed by atoms with Crippen LogP contribution in [0.5, 0.6) is 0 Å². The molecule has 0 saturated heterocycles. The van der Waals surface area contributed by atoms with Gasteiger partial charge in [0.2, 0.25) is 0 Å². The van der Waals surface area contributed by atoms with E-state index in [4.69, 9.17) is 0 Å². The summed E-state index contributed by atoms with van der Waals surface area (Å²) < 4.78 is 0. The first-order valence-electron chi connectivity index (χ1n) is 23.6. The van der Waals surface area contributed by atoms with Crippen molar-refractivity contribution in [1.82, 2.24) is 0 Å². The van der Waals surface area contributed by atoms with Crippen LogP contribution in [0.3, 0.4) is 0 Å². The molecule has 0 aromatic heterocycles. The van der Waals surface area contributed by atoms with Crippen LogP contribution in [0.1, 0.15) is 103 Å². The molecule has 11 rings (SSSR count). The zero-order valence-corrected chi connectivity index (χ0v) is 39.2. The smallest absolute Gasteiger partial charge is 0.0714 e. The predicted molar refractivity (Wildman–Crippen MR) is 278 cm³/mol. The summed E-state index contributed by atoms with van der Waals surface area (Å²) in [5, 5.41) is 0. The number of aryl methyl sites for hydroxylation is 1. The van der Waals surface area contributed by atoms with Crippen LogP contribution in [0.4, 0.5) is 17.1 Å². The summed E-state index contributed by atoms with van der Waals surface area (Å²) in [4.78, 5) is 2.48. The molecule has 0 spiro atoms. The summed E-state index contributed by atoms with van der Waals surface area (Å²) in [5.74, 6) is 0. The topological polar surface area (TPSA) is 3.24 Å². The fraction of sp³-hybridized carbons (Fsp3) is 0.169. The van der Waals surface area contributed by atoms with Crippen LogP contribution in [0, 0.1) is 6.92 Å². The van der Waals surface area contributed by atoms with Gasteiger partial charge in [-0.1, -0.05) is 224 Å². The second-order valence-electron chi connectivity index (χ2n) is 20.6. The lowest BCUT2D eigenvalue weighted by atomic mass is 9.67. The first-order valence-corrected chi connectivity index (χ1v) is 23.6. The average molecular weight is 852 g/mol. The summed E-state index contributed by atoms with van der Waals surface area (Å²) in [7, 11) is 0. The van der Waals surface area contributed by atoms with Gasteiger partial charge in [0.1, 0.15) is 0 Å². The Kier molecular flexibility index (Phi) is 9.71. The average Bonchev–Trinajstić information content (AvgIpc) is 3.80. The Hall–Kier alpha value is -7.22. The maximum absolute atomic E-state index is 2.49. The van der Waals surface area contributed by atoms with E-state index in [1.54, 1.807) is 0 Å². The first kappa shape index (κ1) is 41.5. The Morgan fingerprint density at radius 2 is 0.712 bits per heavy atom. The highest BCUT2D eigenvalue weighted by molar-refractivity contribution is 5.92. The van der Waals surface area contributed by atoms with Gasteiger partial charge < -0.3 is 4.90 Å². The molecule has 0 amide bonds. The standard InChI is InChI=1S/C65H57N/c1-44-19-18-24-51(41-44)66(52-38-40-60-57(42-52)55-26-15-17-28-59(55)64(60,47-20-10-8-11-21-47)49-33-29-45(30-34-49)62(2,3)4)53-37-39-56-54-25-14-16-27-58(54)65(61(56)43-53,48-22-12-9-13-23-48)50-35-31-46(32-36-50)63(5,6)7/h8-43H,1-7H3. The fourth-order valence-electron chi connectivity index (χ4n) is 11.4. The van der Waals surface area contributed by atoms with Crippen LogP contribution in [-0.4, -0.2) is 0 Å². The normalized spacial score (nSPS) is 17.1. The van der Waals surface area contributed by atoms with Crippen molar-refractivity contribution in [1.29, 1.82) is 0 Å². The van der Waals surface area contributed by atoms with Crippen molar-refractivity contribution in [2.45, 2.75) is 70.1 Å². The molecule has 2 atom stereocenters. The Balaban J connectivity index is 1.15. The van der Waals surface area contributed by atoms with Gasteiger partial charge in [-0.2, -0.15) is 0 Å². The number of benzene rings is 9. The number of nitrogens with zero attached hydrogens (tertiary/aromatic N) is 1. The number of hydrogen-bond acceptors (Lipinski definition) is 1. The molecule has 0 bridgehead atoms. The minimum absolute atomic E-state index is 0.0411. The number of anilines is 3. The van der Waals surface area contributed by atoms with Crippen molar-refractivity contribution in [3.63, 3.8) is 0 Å². The minimum Gasteiger partial charge on any atom is -0.310 e. The molecule has 322 valence electrons. The summed E-state index contributed by atoms with van der Waals surface area (Å²) in [5.41, 5.74) is 21.7. The van der Waals surface area contributed by atoms with Gasteiger partial charge in [-0.3, -0.25) is 0 Å². The van der Waals surface area contributed by atoms with E-state index in [2.05, 4.69) is 272 Å². The molecule has 0 aliphatic heterocycles. The molecule has 2 aliphatic carbocycles. The lowest BCUT2D eigenvalue weighted by molar-refractivity contribution is 0.589.